The van der Waals surface area contributed by atoms with Crippen LogP contribution in [0.2, 0.25) is 0 Å². The average Bonchev–Trinajstić information content (AvgIpc) is 3.15. The molecule has 4 heterocycles. The number of hydrogen-bond donors (Lipinski definition) is 1. The molecule has 1 aromatic heterocycles. The molecule has 1 amide bonds. The van der Waals surface area contributed by atoms with Gasteiger partial charge in [0.15, 0.2) is 5.76 Å². The number of carbonyl (C=O) groups is 1. The molecule has 2 unspecified atom stereocenters. The Kier molecular flexibility index (Phi) is 4.47. The summed E-state index contributed by atoms with van der Waals surface area (Å²) in [6, 6.07) is 8.58. The highest BCUT2D eigenvalue weighted by Crippen LogP contribution is 2.34. The summed E-state index contributed by atoms with van der Waals surface area (Å²) in [7, 11) is 0. The molecule has 0 spiro atoms. The van der Waals surface area contributed by atoms with Crippen LogP contribution in [0.1, 0.15) is 35.9 Å². The highest BCUT2D eigenvalue weighted by atomic mass is 16.6. The number of hydrogen-bond acceptors (Lipinski definition) is 5. The van der Waals surface area contributed by atoms with Gasteiger partial charge < -0.3 is 9.73 Å². The lowest BCUT2D eigenvalue weighted by molar-refractivity contribution is -0.384. The second kappa shape index (κ2) is 6.81. The van der Waals surface area contributed by atoms with Gasteiger partial charge in [-0.05, 0) is 69.5 Å². The van der Waals surface area contributed by atoms with E-state index < -0.39 is 4.92 Å². The first-order chi connectivity index (χ1) is 12.9. The topological polar surface area (TPSA) is 88.6 Å². The van der Waals surface area contributed by atoms with Crippen molar-refractivity contribution in [1.29, 1.82) is 0 Å². The van der Waals surface area contributed by atoms with Gasteiger partial charge in [-0.25, -0.2) is 0 Å². The zero-order valence-corrected chi connectivity index (χ0v) is 15.5. The van der Waals surface area contributed by atoms with Crippen molar-refractivity contribution in [3.8, 4) is 11.3 Å². The number of fused-ring (bicyclic) bond motifs is 3. The van der Waals surface area contributed by atoms with Crippen molar-refractivity contribution in [1.82, 2.24) is 10.2 Å². The number of amides is 1. The van der Waals surface area contributed by atoms with E-state index in [1.54, 1.807) is 31.2 Å². The summed E-state index contributed by atoms with van der Waals surface area (Å²) in [5.74, 6) is 0.750. The standard InChI is InChI=1S/C20H23N3O4/c1-12-3-4-15(16(11-12)23(25)26)17-5-6-18(27-17)20(24)21-19-13(2)22-9-7-14(19)8-10-22/h3-6,11,13-14,19H,7-10H2,1-2H3,(H,21,24). The van der Waals surface area contributed by atoms with E-state index in [0.717, 1.165) is 31.5 Å². The van der Waals surface area contributed by atoms with E-state index >= 15 is 0 Å². The van der Waals surface area contributed by atoms with E-state index in [2.05, 4.69) is 17.1 Å². The third kappa shape index (κ3) is 3.23. The van der Waals surface area contributed by atoms with E-state index in [4.69, 9.17) is 4.42 Å². The number of piperidine rings is 3. The van der Waals surface area contributed by atoms with Gasteiger partial charge in [0.25, 0.3) is 11.6 Å². The van der Waals surface area contributed by atoms with Gasteiger partial charge in [0.2, 0.25) is 0 Å². The fraction of sp³-hybridized carbons (Fsp3) is 0.450. The summed E-state index contributed by atoms with van der Waals surface area (Å²) in [6.07, 6.45) is 2.21. The average molecular weight is 369 g/mol. The summed E-state index contributed by atoms with van der Waals surface area (Å²) in [4.78, 5) is 26.0. The fourth-order valence-corrected chi connectivity index (χ4v) is 4.37. The Morgan fingerprint density at radius 1 is 1.26 bits per heavy atom. The number of nitro benzene ring substituents is 1. The first-order valence-electron chi connectivity index (χ1n) is 9.34. The van der Waals surface area contributed by atoms with Crippen LogP contribution in [0.15, 0.2) is 34.7 Å². The Labute approximate surface area is 157 Å². The van der Waals surface area contributed by atoms with Gasteiger partial charge in [-0.15, -0.1) is 0 Å². The fourth-order valence-electron chi connectivity index (χ4n) is 4.37. The summed E-state index contributed by atoms with van der Waals surface area (Å²) in [5.41, 5.74) is 1.15. The van der Waals surface area contributed by atoms with Gasteiger partial charge in [-0.1, -0.05) is 6.07 Å². The summed E-state index contributed by atoms with van der Waals surface area (Å²) in [6.45, 7) is 6.15. The van der Waals surface area contributed by atoms with Crippen molar-refractivity contribution >= 4 is 11.6 Å². The molecule has 3 aliphatic heterocycles. The van der Waals surface area contributed by atoms with Crippen LogP contribution < -0.4 is 5.32 Å². The number of furan rings is 1. The molecule has 0 radical (unpaired) electrons. The van der Waals surface area contributed by atoms with Gasteiger partial charge in [0.1, 0.15) is 5.76 Å². The summed E-state index contributed by atoms with van der Waals surface area (Å²) < 4.78 is 5.69. The number of rotatable bonds is 4. The largest absolute Gasteiger partial charge is 0.451 e. The Morgan fingerprint density at radius 3 is 2.67 bits per heavy atom. The number of benzene rings is 1. The Morgan fingerprint density at radius 2 is 2.00 bits per heavy atom. The molecule has 27 heavy (non-hydrogen) atoms. The minimum absolute atomic E-state index is 0.0256. The maximum atomic E-state index is 12.7. The van der Waals surface area contributed by atoms with Gasteiger partial charge in [-0.2, -0.15) is 0 Å². The lowest BCUT2D eigenvalue weighted by Crippen LogP contribution is -2.62. The van der Waals surface area contributed by atoms with Crippen LogP contribution in [0.25, 0.3) is 11.3 Å². The normalized spacial score (nSPS) is 26.7. The molecule has 2 atom stereocenters. The smallest absolute Gasteiger partial charge is 0.287 e. The number of carbonyl (C=O) groups excluding carboxylic acids is 1. The van der Waals surface area contributed by atoms with Crippen LogP contribution in [0, 0.1) is 23.0 Å². The van der Waals surface area contributed by atoms with E-state index in [1.165, 1.54) is 6.07 Å². The molecule has 2 bridgehead atoms. The molecule has 0 aliphatic carbocycles. The maximum absolute atomic E-state index is 12.7. The molecule has 0 saturated carbocycles. The Bertz CT molecular complexity index is 881. The number of nitro groups is 1. The summed E-state index contributed by atoms with van der Waals surface area (Å²) in [5, 5.41) is 14.5. The Balaban J connectivity index is 1.55. The number of nitrogens with one attached hydrogen (secondary N) is 1. The molecule has 5 rings (SSSR count). The molecule has 3 aliphatic rings. The van der Waals surface area contributed by atoms with Crippen molar-refractivity contribution < 1.29 is 14.1 Å². The lowest BCUT2D eigenvalue weighted by Gasteiger charge is -2.49. The number of aryl methyl sites for hydroxylation is 1. The van der Waals surface area contributed by atoms with E-state index in [0.29, 0.717) is 23.3 Å². The predicted octanol–water partition coefficient (Wildman–Crippen LogP) is 3.38. The second-order valence-electron chi connectivity index (χ2n) is 7.55. The van der Waals surface area contributed by atoms with Crippen LogP contribution >= 0.6 is 0 Å². The monoisotopic (exact) mass is 369 g/mol. The van der Waals surface area contributed by atoms with E-state index in [-0.39, 0.29) is 23.4 Å². The first kappa shape index (κ1) is 17.7. The van der Waals surface area contributed by atoms with Crippen molar-refractivity contribution in [3.63, 3.8) is 0 Å². The molecule has 142 valence electrons. The maximum Gasteiger partial charge on any atom is 0.287 e. The van der Waals surface area contributed by atoms with Gasteiger partial charge >= 0.3 is 0 Å². The molecular formula is C20H23N3O4. The molecule has 1 aromatic carbocycles. The van der Waals surface area contributed by atoms with Crippen molar-refractivity contribution in [2.45, 2.75) is 38.8 Å². The molecule has 7 heteroatoms. The van der Waals surface area contributed by atoms with Crippen LogP contribution in [0.5, 0.6) is 0 Å². The summed E-state index contributed by atoms with van der Waals surface area (Å²) >= 11 is 0. The molecule has 7 nitrogen and oxygen atoms in total. The van der Waals surface area contributed by atoms with Gasteiger partial charge in [0, 0.05) is 18.2 Å². The van der Waals surface area contributed by atoms with Crippen LogP contribution in [-0.4, -0.2) is 40.9 Å². The van der Waals surface area contributed by atoms with E-state index in [1.807, 2.05) is 0 Å². The highest BCUT2D eigenvalue weighted by Gasteiger charge is 2.40. The van der Waals surface area contributed by atoms with Gasteiger partial charge in [-0.3, -0.25) is 19.8 Å². The first-order valence-corrected chi connectivity index (χ1v) is 9.34. The predicted molar refractivity (Wildman–Crippen MR) is 101 cm³/mol. The molecular weight excluding hydrogens is 346 g/mol. The molecule has 1 N–H and O–H groups in total. The third-order valence-electron chi connectivity index (χ3n) is 5.92. The highest BCUT2D eigenvalue weighted by molar-refractivity contribution is 5.92. The van der Waals surface area contributed by atoms with E-state index in [9.17, 15) is 14.9 Å². The minimum Gasteiger partial charge on any atom is -0.451 e. The quantitative estimate of drug-likeness (QED) is 0.659. The van der Waals surface area contributed by atoms with Crippen LogP contribution in [0.4, 0.5) is 5.69 Å². The van der Waals surface area contributed by atoms with Crippen molar-refractivity contribution in [2.75, 3.05) is 13.1 Å². The number of nitrogens with zero attached hydrogens (tertiary/aromatic N) is 2. The Hall–Kier alpha value is -2.67. The zero-order valence-electron chi connectivity index (χ0n) is 15.5. The minimum atomic E-state index is -0.431. The van der Waals surface area contributed by atoms with Crippen molar-refractivity contribution in [3.05, 3.63) is 51.8 Å². The SMILES string of the molecule is Cc1ccc(-c2ccc(C(=O)NC3C4CCN(CC4)C3C)o2)c([N+](=O)[O-])c1. The molecule has 3 fully saturated rings. The molecule has 3 saturated heterocycles. The van der Waals surface area contributed by atoms with Crippen LogP contribution in [-0.2, 0) is 0 Å². The zero-order chi connectivity index (χ0) is 19.1. The second-order valence-corrected chi connectivity index (χ2v) is 7.55. The third-order valence-corrected chi connectivity index (χ3v) is 5.92. The lowest BCUT2D eigenvalue weighted by atomic mass is 9.79. The van der Waals surface area contributed by atoms with Crippen LogP contribution in [0.3, 0.4) is 0 Å². The molecule has 2 aromatic rings. The van der Waals surface area contributed by atoms with Crippen molar-refractivity contribution in [2.24, 2.45) is 5.92 Å². The van der Waals surface area contributed by atoms with Gasteiger partial charge in [0.05, 0.1) is 10.5 Å².